The Morgan fingerprint density at radius 1 is 1.41 bits per heavy atom. The number of rotatable bonds is 5. The molecule has 0 aromatic carbocycles. The van der Waals surface area contributed by atoms with Gasteiger partial charge in [0.15, 0.2) is 0 Å². The van der Waals surface area contributed by atoms with Gasteiger partial charge in [-0.05, 0) is 39.7 Å². The molecule has 0 radical (unpaired) electrons. The highest BCUT2D eigenvalue weighted by Crippen LogP contribution is 2.12. The molecule has 0 aromatic heterocycles. The van der Waals surface area contributed by atoms with Crippen molar-refractivity contribution in [2.45, 2.75) is 64.1 Å². The van der Waals surface area contributed by atoms with Crippen LogP contribution in [-0.2, 0) is 9.53 Å². The first-order valence-corrected chi connectivity index (χ1v) is 6.70. The predicted molar refractivity (Wildman–Crippen MR) is 69.0 cm³/mol. The number of nitrogens with one attached hydrogen (secondary N) is 2. The Balaban J connectivity index is 2.27. The van der Waals surface area contributed by atoms with Gasteiger partial charge in [-0.2, -0.15) is 0 Å². The minimum absolute atomic E-state index is 0.189. The summed E-state index contributed by atoms with van der Waals surface area (Å²) in [7, 11) is 1.43. The molecule has 1 saturated heterocycles. The molecule has 1 rings (SSSR count). The summed E-state index contributed by atoms with van der Waals surface area (Å²) in [6.07, 6.45) is 6.26. The molecule has 3 unspecified atom stereocenters. The fourth-order valence-electron chi connectivity index (χ4n) is 2.47. The van der Waals surface area contributed by atoms with Gasteiger partial charge in [0.25, 0.3) is 0 Å². The highest BCUT2D eigenvalue weighted by atomic mass is 16.5. The molecule has 0 saturated carbocycles. The van der Waals surface area contributed by atoms with E-state index >= 15 is 0 Å². The van der Waals surface area contributed by atoms with Gasteiger partial charge in [-0.15, -0.1) is 0 Å². The zero-order chi connectivity index (χ0) is 12.7. The van der Waals surface area contributed by atoms with Gasteiger partial charge in [-0.1, -0.05) is 12.8 Å². The molecule has 1 aliphatic rings. The van der Waals surface area contributed by atoms with E-state index in [2.05, 4.69) is 17.6 Å². The highest BCUT2D eigenvalue weighted by molar-refractivity contribution is 5.75. The zero-order valence-corrected chi connectivity index (χ0v) is 11.3. The molecule has 0 aliphatic carbocycles. The van der Waals surface area contributed by atoms with Crippen molar-refractivity contribution < 1.29 is 9.53 Å². The van der Waals surface area contributed by atoms with E-state index < -0.39 is 0 Å². The summed E-state index contributed by atoms with van der Waals surface area (Å²) in [6.45, 7) is 5.11. The standard InChI is InChI=1S/C13H26N2O2/c1-10(15-11(2)13(16)17-3)9-12-7-5-4-6-8-14-12/h10-12,14-15H,4-9H2,1-3H3. The van der Waals surface area contributed by atoms with Gasteiger partial charge in [0.1, 0.15) is 6.04 Å². The van der Waals surface area contributed by atoms with Crippen LogP contribution in [0.4, 0.5) is 0 Å². The summed E-state index contributed by atoms with van der Waals surface area (Å²) in [6, 6.07) is 0.699. The summed E-state index contributed by atoms with van der Waals surface area (Å²) in [5, 5.41) is 6.86. The van der Waals surface area contributed by atoms with E-state index in [-0.39, 0.29) is 12.0 Å². The Morgan fingerprint density at radius 3 is 2.88 bits per heavy atom. The monoisotopic (exact) mass is 242 g/mol. The summed E-state index contributed by atoms with van der Waals surface area (Å²) < 4.78 is 4.71. The lowest BCUT2D eigenvalue weighted by Crippen LogP contribution is -2.43. The van der Waals surface area contributed by atoms with E-state index in [4.69, 9.17) is 4.74 Å². The quantitative estimate of drug-likeness (QED) is 0.716. The fraction of sp³-hybridized carbons (Fsp3) is 0.923. The first kappa shape index (κ1) is 14.5. The van der Waals surface area contributed by atoms with Crippen LogP contribution in [0.3, 0.4) is 0 Å². The number of carbonyl (C=O) groups is 1. The van der Waals surface area contributed by atoms with Crippen molar-refractivity contribution in [3.05, 3.63) is 0 Å². The van der Waals surface area contributed by atoms with Crippen molar-refractivity contribution in [2.75, 3.05) is 13.7 Å². The third kappa shape index (κ3) is 5.50. The lowest BCUT2D eigenvalue weighted by molar-refractivity contribution is -0.142. The molecule has 4 nitrogen and oxygen atoms in total. The van der Waals surface area contributed by atoms with Gasteiger partial charge < -0.3 is 15.4 Å². The van der Waals surface area contributed by atoms with Crippen LogP contribution in [0.15, 0.2) is 0 Å². The lowest BCUT2D eigenvalue weighted by Gasteiger charge is -2.23. The minimum Gasteiger partial charge on any atom is -0.468 e. The minimum atomic E-state index is -0.222. The Kier molecular flexibility index (Phi) is 6.52. The second-order valence-corrected chi connectivity index (χ2v) is 5.05. The summed E-state index contributed by atoms with van der Waals surface area (Å²) >= 11 is 0. The Hall–Kier alpha value is -0.610. The molecule has 4 heteroatoms. The first-order valence-electron chi connectivity index (χ1n) is 6.70. The molecule has 100 valence electrons. The van der Waals surface area contributed by atoms with Crippen molar-refractivity contribution in [3.8, 4) is 0 Å². The van der Waals surface area contributed by atoms with E-state index in [1.165, 1.54) is 32.8 Å². The van der Waals surface area contributed by atoms with Crippen LogP contribution in [-0.4, -0.2) is 37.7 Å². The average Bonchev–Trinajstić information content (AvgIpc) is 2.56. The number of esters is 1. The van der Waals surface area contributed by atoms with E-state index in [0.29, 0.717) is 12.1 Å². The summed E-state index contributed by atoms with van der Waals surface area (Å²) in [4.78, 5) is 11.3. The van der Waals surface area contributed by atoms with Crippen LogP contribution in [0.2, 0.25) is 0 Å². The van der Waals surface area contributed by atoms with Gasteiger partial charge in [0, 0.05) is 12.1 Å². The molecular formula is C13H26N2O2. The van der Waals surface area contributed by atoms with Crippen molar-refractivity contribution >= 4 is 5.97 Å². The SMILES string of the molecule is COC(=O)C(C)NC(C)CC1CCCCCN1. The second kappa shape index (κ2) is 7.67. The van der Waals surface area contributed by atoms with Crippen LogP contribution in [0.1, 0.15) is 46.0 Å². The average molecular weight is 242 g/mol. The highest BCUT2D eigenvalue weighted by Gasteiger charge is 2.19. The normalized spacial score (nSPS) is 24.8. The van der Waals surface area contributed by atoms with Gasteiger partial charge in [-0.25, -0.2) is 0 Å². The van der Waals surface area contributed by atoms with Gasteiger partial charge in [-0.3, -0.25) is 4.79 Å². The van der Waals surface area contributed by atoms with Crippen LogP contribution >= 0.6 is 0 Å². The maximum atomic E-state index is 11.3. The van der Waals surface area contributed by atoms with E-state index in [1.54, 1.807) is 0 Å². The molecule has 3 atom stereocenters. The van der Waals surface area contributed by atoms with Crippen molar-refractivity contribution in [1.29, 1.82) is 0 Å². The van der Waals surface area contributed by atoms with E-state index in [1.807, 2.05) is 6.92 Å². The third-order valence-electron chi connectivity index (χ3n) is 3.39. The first-order chi connectivity index (χ1) is 8.13. The Labute approximate surface area is 104 Å². The number of hydrogen-bond donors (Lipinski definition) is 2. The topological polar surface area (TPSA) is 50.4 Å². The molecular weight excluding hydrogens is 216 g/mol. The fourth-order valence-corrected chi connectivity index (χ4v) is 2.47. The summed E-state index contributed by atoms with van der Waals surface area (Å²) in [5.74, 6) is -0.189. The summed E-state index contributed by atoms with van der Waals surface area (Å²) in [5.41, 5.74) is 0. The van der Waals surface area contributed by atoms with Crippen LogP contribution in [0.5, 0.6) is 0 Å². The maximum absolute atomic E-state index is 11.3. The van der Waals surface area contributed by atoms with Gasteiger partial charge in [0.2, 0.25) is 0 Å². The molecule has 0 amide bonds. The van der Waals surface area contributed by atoms with Gasteiger partial charge >= 0.3 is 5.97 Å². The largest absolute Gasteiger partial charge is 0.468 e. The molecule has 0 spiro atoms. The smallest absolute Gasteiger partial charge is 0.322 e. The molecule has 1 heterocycles. The molecule has 0 bridgehead atoms. The predicted octanol–water partition coefficient (Wildman–Crippen LogP) is 1.45. The molecule has 1 fully saturated rings. The Bertz CT molecular complexity index is 225. The maximum Gasteiger partial charge on any atom is 0.322 e. The number of carbonyl (C=O) groups excluding carboxylic acids is 1. The number of hydrogen-bond acceptors (Lipinski definition) is 4. The van der Waals surface area contributed by atoms with Crippen LogP contribution in [0.25, 0.3) is 0 Å². The van der Waals surface area contributed by atoms with Crippen molar-refractivity contribution in [2.24, 2.45) is 0 Å². The number of ether oxygens (including phenoxy) is 1. The molecule has 2 N–H and O–H groups in total. The number of methoxy groups -OCH3 is 1. The zero-order valence-electron chi connectivity index (χ0n) is 11.3. The molecule has 17 heavy (non-hydrogen) atoms. The van der Waals surface area contributed by atoms with Crippen LogP contribution < -0.4 is 10.6 Å². The Morgan fingerprint density at radius 2 is 2.18 bits per heavy atom. The van der Waals surface area contributed by atoms with Crippen molar-refractivity contribution in [1.82, 2.24) is 10.6 Å². The lowest BCUT2D eigenvalue weighted by atomic mass is 10.0. The molecule has 1 aliphatic heterocycles. The van der Waals surface area contributed by atoms with Gasteiger partial charge in [0.05, 0.1) is 7.11 Å². The second-order valence-electron chi connectivity index (χ2n) is 5.05. The molecule has 0 aromatic rings. The third-order valence-corrected chi connectivity index (χ3v) is 3.39. The van der Waals surface area contributed by atoms with E-state index in [0.717, 1.165) is 13.0 Å². The van der Waals surface area contributed by atoms with Crippen molar-refractivity contribution in [3.63, 3.8) is 0 Å². The van der Waals surface area contributed by atoms with E-state index in [9.17, 15) is 4.79 Å². The van der Waals surface area contributed by atoms with Crippen LogP contribution in [0, 0.1) is 0 Å².